The number of rotatable bonds is 6. The third-order valence-electron chi connectivity index (χ3n) is 3.15. The average Bonchev–Trinajstić information content (AvgIpc) is 2.52. The summed E-state index contributed by atoms with van der Waals surface area (Å²) in [4.78, 5) is 2.38. The van der Waals surface area contributed by atoms with Crippen LogP contribution in [0.2, 0.25) is 0 Å². The number of nitrogens with two attached hydrogens (primary N) is 1. The quantitative estimate of drug-likeness (QED) is 0.652. The molecular formula is C11H24N2O. The van der Waals surface area contributed by atoms with Crippen molar-refractivity contribution in [3.63, 3.8) is 0 Å². The first-order valence-electron chi connectivity index (χ1n) is 5.67. The number of ether oxygens (including phenoxy) is 1. The van der Waals surface area contributed by atoms with Gasteiger partial charge in [0.15, 0.2) is 0 Å². The highest BCUT2D eigenvalue weighted by atomic mass is 16.5. The highest BCUT2D eigenvalue weighted by molar-refractivity contribution is 4.81. The maximum atomic E-state index is 6.03. The van der Waals surface area contributed by atoms with E-state index in [-0.39, 0.29) is 0 Å². The molecular weight excluding hydrogens is 176 g/mol. The van der Waals surface area contributed by atoms with Crippen LogP contribution in [-0.2, 0) is 4.74 Å². The van der Waals surface area contributed by atoms with Gasteiger partial charge in [-0.25, -0.2) is 0 Å². The zero-order chi connectivity index (χ0) is 10.4. The molecule has 1 fully saturated rings. The summed E-state index contributed by atoms with van der Waals surface area (Å²) in [6.07, 6.45) is 4.97. The maximum absolute atomic E-state index is 6.03. The third-order valence-corrected chi connectivity index (χ3v) is 3.15. The van der Waals surface area contributed by atoms with Crippen molar-refractivity contribution < 1.29 is 4.74 Å². The van der Waals surface area contributed by atoms with Crippen molar-refractivity contribution in [1.82, 2.24) is 4.90 Å². The van der Waals surface area contributed by atoms with Gasteiger partial charge < -0.3 is 15.4 Å². The first-order valence-corrected chi connectivity index (χ1v) is 5.67. The molecule has 1 saturated carbocycles. The van der Waals surface area contributed by atoms with Crippen molar-refractivity contribution in [2.45, 2.75) is 31.7 Å². The zero-order valence-corrected chi connectivity index (χ0v) is 9.54. The lowest BCUT2D eigenvalue weighted by atomic mass is 10.0. The Labute approximate surface area is 87.6 Å². The molecule has 84 valence electrons. The molecule has 2 unspecified atom stereocenters. The van der Waals surface area contributed by atoms with Gasteiger partial charge in [-0.2, -0.15) is 0 Å². The van der Waals surface area contributed by atoms with Crippen LogP contribution in [0.5, 0.6) is 0 Å². The SMILES string of the molecule is COCCCN(C)CC1CCCC1N. The van der Waals surface area contributed by atoms with Crippen molar-refractivity contribution in [1.29, 1.82) is 0 Å². The van der Waals surface area contributed by atoms with Crippen LogP contribution in [0.3, 0.4) is 0 Å². The Morgan fingerprint density at radius 2 is 2.21 bits per heavy atom. The van der Waals surface area contributed by atoms with Gasteiger partial charge in [0.2, 0.25) is 0 Å². The Kier molecular flexibility index (Phi) is 5.45. The van der Waals surface area contributed by atoms with E-state index in [0.717, 1.165) is 32.0 Å². The Hall–Kier alpha value is -0.120. The first-order chi connectivity index (χ1) is 6.74. The van der Waals surface area contributed by atoms with Crippen LogP contribution in [-0.4, -0.2) is 44.8 Å². The fourth-order valence-electron chi connectivity index (χ4n) is 2.26. The molecule has 0 aliphatic heterocycles. The monoisotopic (exact) mass is 200 g/mol. The average molecular weight is 200 g/mol. The molecule has 0 amide bonds. The molecule has 2 atom stereocenters. The fourth-order valence-corrected chi connectivity index (χ4v) is 2.26. The molecule has 1 rings (SSSR count). The first kappa shape index (κ1) is 12.0. The second-order valence-corrected chi connectivity index (χ2v) is 4.46. The molecule has 0 saturated heterocycles. The molecule has 14 heavy (non-hydrogen) atoms. The fraction of sp³-hybridized carbons (Fsp3) is 1.00. The van der Waals surface area contributed by atoms with Crippen LogP contribution < -0.4 is 5.73 Å². The lowest BCUT2D eigenvalue weighted by Gasteiger charge is -2.23. The van der Waals surface area contributed by atoms with E-state index in [4.69, 9.17) is 10.5 Å². The molecule has 1 aliphatic carbocycles. The summed E-state index contributed by atoms with van der Waals surface area (Å²) in [5.41, 5.74) is 6.03. The molecule has 0 radical (unpaired) electrons. The van der Waals surface area contributed by atoms with Crippen LogP contribution in [0, 0.1) is 5.92 Å². The Morgan fingerprint density at radius 3 is 2.79 bits per heavy atom. The van der Waals surface area contributed by atoms with Crippen molar-refractivity contribution >= 4 is 0 Å². The minimum Gasteiger partial charge on any atom is -0.385 e. The van der Waals surface area contributed by atoms with Gasteiger partial charge in [0.1, 0.15) is 0 Å². The van der Waals surface area contributed by atoms with Crippen LogP contribution >= 0.6 is 0 Å². The summed E-state index contributed by atoms with van der Waals surface area (Å²) in [6.45, 7) is 3.14. The second kappa shape index (κ2) is 6.38. The highest BCUT2D eigenvalue weighted by Crippen LogP contribution is 2.24. The van der Waals surface area contributed by atoms with Gasteiger partial charge in [-0.3, -0.25) is 0 Å². The van der Waals surface area contributed by atoms with E-state index in [1.807, 2.05) is 0 Å². The summed E-state index contributed by atoms with van der Waals surface area (Å²) in [5, 5.41) is 0. The molecule has 2 N–H and O–H groups in total. The second-order valence-electron chi connectivity index (χ2n) is 4.46. The molecule has 1 aliphatic rings. The van der Waals surface area contributed by atoms with E-state index in [1.165, 1.54) is 19.3 Å². The van der Waals surface area contributed by atoms with E-state index in [9.17, 15) is 0 Å². The largest absolute Gasteiger partial charge is 0.385 e. The zero-order valence-electron chi connectivity index (χ0n) is 9.54. The minimum absolute atomic E-state index is 0.444. The molecule has 0 aromatic carbocycles. The lowest BCUT2D eigenvalue weighted by molar-refractivity contribution is 0.173. The lowest BCUT2D eigenvalue weighted by Crippen LogP contribution is -2.34. The molecule has 0 spiro atoms. The summed E-state index contributed by atoms with van der Waals surface area (Å²) in [5.74, 6) is 0.725. The molecule has 0 aromatic heterocycles. The van der Waals surface area contributed by atoms with E-state index in [0.29, 0.717) is 6.04 Å². The van der Waals surface area contributed by atoms with Gasteiger partial charge in [0.05, 0.1) is 0 Å². The Balaban J connectivity index is 2.09. The van der Waals surface area contributed by atoms with E-state index in [1.54, 1.807) is 7.11 Å². The van der Waals surface area contributed by atoms with E-state index >= 15 is 0 Å². The van der Waals surface area contributed by atoms with Crippen LogP contribution in [0.4, 0.5) is 0 Å². The predicted molar refractivity (Wildman–Crippen MR) is 59.3 cm³/mol. The van der Waals surface area contributed by atoms with Crippen molar-refractivity contribution in [2.75, 3.05) is 33.9 Å². The van der Waals surface area contributed by atoms with Crippen LogP contribution in [0.25, 0.3) is 0 Å². The molecule has 0 bridgehead atoms. The molecule has 3 heteroatoms. The maximum Gasteiger partial charge on any atom is 0.0474 e. The van der Waals surface area contributed by atoms with Gasteiger partial charge in [0.25, 0.3) is 0 Å². The predicted octanol–water partition coefficient (Wildman–Crippen LogP) is 1.08. The summed E-state index contributed by atoms with van der Waals surface area (Å²) in [6, 6.07) is 0.444. The van der Waals surface area contributed by atoms with Gasteiger partial charge in [-0.15, -0.1) is 0 Å². The van der Waals surface area contributed by atoms with E-state index < -0.39 is 0 Å². The number of nitrogens with zero attached hydrogens (tertiary/aromatic N) is 1. The Morgan fingerprint density at radius 1 is 1.43 bits per heavy atom. The van der Waals surface area contributed by atoms with Gasteiger partial charge >= 0.3 is 0 Å². The van der Waals surface area contributed by atoms with Crippen molar-refractivity contribution in [3.05, 3.63) is 0 Å². The summed E-state index contributed by atoms with van der Waals surface area (Å²) < 4.78 is 5.03. The van der Waals surface area contributed by atoms with E-state index in [2.05, 4.69) is 11.9 Å². The standard InChI is InChI=1S/C11H24N2O/c1-13(7-4-8-14-2)9-10-5-3-6-11(10)12/h10-11H,3-9,12H2,1-2H3. The number of methoxy groups -OCH3 is 1. The molecule has 0 heterocycles. The number of hydrogen-bond acceptors (Lipinski definition) is 3. The van der Waals surface area contributed by atoms with Crippen LogP contribution in [0.1, 0.15) is 25.7 Å². The van der Waals surface area contributed by atoms with Gasteiger partial charge in [-0.05, 0) is 32.2 Å². The molecule has 3 nitrogen and oxygen atoms in total. The van der Waals surface area contributed by atoms with Gasteiger partial charge in [0, 0.05) is 32.8 Å². The topological polar surface area (TPSA) is 38.5 Å². The van der Waals surface area contributed by atoms with Gasteiger partial charge in [-0.1, -0.05) is 6.42 Å². The highest BCUT2D eigenvalue weighted by Gasteiger charge is 2.24. The van der Waals surface area contributed by atoms with Crippen molar-refractivity contribution in [3.8, 4) is 0 Å². The van der Waals surface area contributed by atoms with Crippen molar-refractivity contribution in [2.24, 2.45) is 11.7 Å². The van der Waals surface area contributed by atoms with Crippen LogP contribution in [0.15, 0.2) is 0 Å². The smallest absolute Gasteiger partial charge is 0.0474 e. The Bertz CT molecular complexity index is 152. The normalized spacial score (nSPS) is 27.4. The minimum atomic E-state index is 0.444. The third kappa shape index (κ3) is 3.95. The summed E-state index contributed by atoms with van der Waals surface area (Å²) in [7, 11) is 3.94. The number of hydrogen-bond donors (Lipinski definition) is 1. The summed E-state index contributed by atoms with van der Waals surface area (Å²) >= 11 is 0. The molecule has 0 aromatic rings.